The third kappa shape index (κ3) is 5.06. The van der Waals surface area contributed by atoms with Crippen molar-refractivity contribution in [2.24, 2.45) is 0 Å². The first kappa shape index (κ1) is 19.8. The third-order valence-corrected chi connectivity index (χ3v) is 4.64. The Hall–Kier alpha value is -2.95. The molecule has 5 heteroatoms. The van der Waals surface area contributed by atoms with Crippen molar-refractivity contribution in [3.8, 4) is 0 Å². The zero-order valence-corrected chi connectivity index (χ0v) is 16.2. The molecular weight excluding hydrogens is 372 g/mol. The highest BCUT2D eigenvalue weighted by Crippen LogP contribution is 2.23. The number of anilines is 1. The van der Waals surface area contributed by atoms with Crippen molar-refractivity contribution in [1.29, 1.82) is 0 Å². The SMILES string of the molecule is CC(NCC(=O)Nc1ccc(Cl)cc1C(=O)c1ccccc1)c1ccccc1. The molecule has 4 nitrogen and oxygen atoms in total. The Kier molecular flexibility index (Phi) is 6.58. The van der Waals surface area contributed by atoms with Crippen molar-refractivity contribution in [3.05, 3.63) is 101 Å². The van der Waals surface area contributed by atoms with Gasteiger partial charge in [0.05, 0.1) is 12.2 Å². The average molecular weight is 393 g/mol. The summed E-state index contributed by atoms with van der Waals surface area (Å²) in [5.74, 6) is -0.420. The Morgan fingerprint density at radius 3 is 2.25 bits per heavy atom. The van der Waals surface area contributed by atoms with E-state index in [-0.39, 0.29) is 24.3 Å². The van der Waals surface area contributed by atoms with E-state index in [1.807, 2.05) is 43.3 Å². The fraction of sp³-hybridized carbons (Fsp3) is 0.130. The smallest absolute Gasteiger partial charge is 0.238 e. The van der Waals surface area contributed by atoms with Crippen LogP contribution in [0.5, 0.6) is 0 Å². The van der Waals surface area contributed by atoms with Crippen molar-refractivity contribution < 1.29 is 9.59 Å². The molecule has 3 aromatic carbocycles. The molecule has 0 aliphatic carbocycles. The molecular formula is C23H21ClN2O2. The summed E-state index contributed by atoms with van der Waals surface area (Å²) in [5.41, 5.74) is 2.44. The second-order valence-corrected chi connectivity index (χ2v) is 6.88. The molecule has 0 heterocycles. The van der Waals surface area contributed by atoms with Crippen LogP contribution in [0.15, 0.2) is 78.9 Å². The van der Waals surface area contributed by atoms with E-state index in [4.69, 9.17) is 11.6 Å². The molecule has 0 saturated carbocycles. The van der Waals surface area contributed by atoms with Gasteiger partial charge in [-0.2, -0.15) is 0 Å². The maximum Gasteiger partial charge on any atom is 0.238 e. The summed E-state index contributed by atoms with van der Waals surface area (Å²) < 4.78 is 0. The number of halogens is 1. The zero-order chi connectivity index (χ0) is 19.9. The van der Waals surface area contributed by atoms with Crippen LogP contribution >= 0.6 is 11.6 Å². The topological polar surface area (TPSA) is 58.2 Å². The lowest BCUT2D eigenvalue weighted by Crippen LogP contribution is -2.30. The zero-order valence-electron chi connectivity index (χ0n) is 15.5. The second-order valence-electron chi connectivity index (χ2n) is 6.45. The summed E-state index contributed by atoms with van der Waals surface area (Å²) in [6.45, 7) is 2.12. The van der Waals surface area contributed by atoms with Gasteiger partial charge in [0.15, 0.2) is 5.78 Å². The molecule has 0 spiro atoms. The maximum atomic E-state index is 12.8. The van der Waals surface area contributed by atoms with Gasteiger partial charge in [-0.15, -0.1) is 0 Å². The van der Waals surface area contributed by atoms with Gasteiger partial charge in [-0.25, -0.2) is 0 Å². The maximum absolute atomic E-state index is 12.8. The monoisotopic (exact) mass is 392 g/mol. The Bertz CT molecular complexity index is 959. The fourth-order valence-electron chi connectivity index (χ4n) is 2.86. The van der Waals surface area contributed by atoms with E-state index in [0.29, 0.717) is 21.8 Å². The number of rotatable bonds is 7. The number of nitrogens with one attached hydrogen (secondary N) is 2. The van der Waals surface area contributed by atoms with Crippen LogP contribution in [0.1, 0.15) is 34.5 Å². The number of hydrogen-bond donors (Lipinski definition) is 2. The van der Waals surface area contributed by atoms with Crippen molar-refractivity contribution in [3.63, 3.8) is 0 Å². The van der Waals surface area contributed by atoms with Crippen LogP contribution < -0.4 is 10.6 Å². The number of carbonyl (C=O) groups is 2. The Morgan fingerprint density at radius 1 is 0.929 bits per heavy atom. The number of ketones is 1. The standard InChI is InChI=1S/C23H21ClN2O2/c1-16(17-8-4-2-5-9-17)25-15-22(27)26-21-13-12-19(24)14-20(21)23(28)18-10-6-3-7-11-18/h2-14,16,25H,15H2,1H3,(H,26,27). The van der Waals surface area contributed by atoms with E-state index < -0.39 is 0 Å². The van der Waals surface area contributed by atoms with E-state index in [9.17, 15) is 9.59 Å². The van der Waals surface area contributed by atoms with Crippen LogP contribution in [-0.4, -0.2) is 18.2 Å². The van der Waals surface area contributed by atoms with Gasteiger partial charge in [-0.1, -0.05) is 72.3 Å². The number of hydrogen-bond acceptors (Lipinski definition) is 3. The van der Waals surface area contributed by atoms with Gasteiger partial charge in [0.2, 0.25) is 5.91 Å². The Labute approximate surface area is 169 Å². The molecule has 3 aromatic rings. The quantitative estimate of drug-likeness (QED) is 0.564. The number of carbonyl (C=O) groups excluding carboxylic acids is 2. The molecule has 0 radical (unpaired) electrons. The highest BCUT2D eigenvalue weighted by Gasteiger charge is 2.16. The molecule has 1 amide bonds. The summed E-state index contributed by atoms with van der Waals surface area (Å²) in [4.78, 5) is 25.3. The average Bonchev–Trinajstić information content (AvgIpc) is 2.74. The summed E-state index contributed by atoms with van der Waals surface area (Å²) >= 11 is 6.08. The van der Waals surface area contributed by atoms with E-state index in [1.54, 1.807) is 42.5 Å². The minimum Gasteiger partial charge on any atom is -0.324 e. The molecule has 0 fully saturated rings. The van der Waals surface area contributed by atoms with E-state index in [1.165, 1.54) is 0 Å². The lowest BCUT2D eigenvalue weighted by Gasteiger charge is -2.15. The van der Waals surface area contributed by atoms with E-state index in [0.717, 1.165) is 5.56 Å². The van der Waals surface area contributed by atoms with Gasteiger partial charge in [0.25, 0.3) is 0 Å². The van der Waals surface area contributed by atoms with Crippen molar-refractivity contribution in [2.75, 3.05) is 11.9 Å². The second kappa shape index (κ2) is 9.31. The lowest BCUT2D eigenvalue weighted by molar-refractivity contribution is -0.115. The van der Waals surface area contributed by atoms with Gasteiger partial charge in [-0.3, -0.25) is 9.59 Å². The normalized spacial score (nSPS) is 11.6. The summed E-state index contributed by atoms with van der Waals surface area (Å²) in [5, 5.41) is 6.44. The van der Waals surface area contributed by atoms with Crippen molar-refractivity contribution in [1.82, 2.24) is 5.32 Å². The van der Waals surface area contributed by atoms with Crippen LogP contribution in [0, 0.1) is 0 Å². The minimum absolute atomic E-state index is 0.0302. The van der Waals surface area contributed by atoms with Crippen LogP contribution in [0.3, 0.4) is 0 Å². The minimum atomic E-state index is -0.229. The molecule has 0 aliphatic rings. The van der Waals surface area contributed by atoms with Crippen LogP contribution in [-0.2, 0) is 4.79 Å². The first-order chi connectivity index (χ1) is 13.5. The van der Waals surface area contributed by atoms with Gasteiger partial charge >= 0.3 is 0 Å². The van der Waals surface area contributed by atoms with Gasteiger partial charge < -0.3 is 10.6 Å². The molecule has 1 atom stereocenters. The van der Waals surface area contributed by atoms with Crippen LogP contribution in [0.25, 0.3) is 0 Å². The van der Waals surface area contributed by atoms with Crippen molar-refractivity contribution >= 4 is 29.0 Å². The third-order valence-electron chi connectivity index (χ3n) is 4.40. The molecule has 0 aliphatic heterocycles. The summed E-state index contributed by atoms with van der Waals surface area (Å²) in [6.07, 6.45) is 0. The van der Waals surface area contributed by atoms with Gasteiger partial charge in [0.1, 0.15) is 0 Å². The molecule has 2 N–H and O–H groups in total. The van der Waals surface area contributed by atoms with Gasteiger partial charge in [-0.05, 0) is 30.7 Å². The Balaban J connectivity index is 1.70. The molecule has 0 bridgehead atoms. The number of amides is 1. The molecule has 28 heavy (non-hydrogen) atoms. The van der Waals surface area contributed by atoms with E-state index in [2.05, 4.69) is 10.6 Å². The van der Waals surface area contributed by atoms with Crippen molar-refractivity contribution in [2.45, 2.75) is 13.0 Å². The van der Waals surface area contributed by atoms with Crippen LogP contribution in [0.2, 0.25) is 5.02 Å². The highest BCUT2D eigenvalue weighted by molar-refractivity contribution is 6.31. The molecule has 3 rings (SSSR count). The van der Waals surface area contributed by atoms with Gasteiger partial charge in [0, 0.05) is 22.2 Å². The molecule has 1 unspecified atom stereocenters. The lowest BCUT2D eigenvalue weighted by atomic mass is 10.0. The first-order valence-electron chi connectivity index (χ1n) is 9.02. The molecule has 142 valence electrons. The van der Waals surface area contributed by atoms with E-state index >= 15 is 0 Å². The summed E-state index contributed by atoms with van der Waals surface area (Å²) in [6, 6.07) is 23.7. The number of benzene rings is 3. The van der Waals surface area contributed by atoms with Crippen LogP contribution in [0.4, 0.5) is 5.69 Å². The molecule has 0 aromatic heterocycles. The largest absolute Gasteiger partial charge is 0.324 e. The summed E-state index contributed by atoms with van der Waals surface area (Å²) in [7, 11) is 0. The highest BCUT2D eigenvalue weighted by atomic mass is 35.5. The Morgan fingerprint density at radius 2 is 1.57 bits per heavy atom. The predicted molar refractivity (Wildman–Crippen MR) is 113 cm³/mol. The predicted octanol–water partition coefficient (Wildman–Crippen LogP) is 4.86. The molecule has 0 saturated heterocycles. The first-order valence-corrected chi connectivity index (χ1v) is 9.40. The fourth-order valence-corrected chi connectivity index (χ4v) is 3.03.